The molecule has 0 atom stereocenters. The van der Waals surface area contributed by atoms with E-state index in [2.05, 4.69) is 15.9 Å². The average molecular weight is 314 g/mol. The largest absolute Gasteiger partial charge is 0.443 e. The van der Waals surface area contributed by atoms with Crippen molar-refractivity contribution in [3.8, 4) is 0 Å². The number of nitrogens with zero attached hydrogens (tertiary/aromatic N) is 1. The van der Waals surface area contributed by atoms with Gasteiger partial charge in [-0.15, -0.1) is 0 Å². The van der Waals surface area contributed by atoms with E-state index in [1.165, 1.54) is 4.90 Å². The highest BCUT2D eigenvalue weighted by molar-refractivity contribution is 9.10. The van der Waals surface area contributed by atoms with E-state index in [1.807, 2.05) is 46.8 Å². The second-order valence-corrected chi connectivity index (χ2v) is 6.23. The third-order valence-electron chi connectivity index (χ3n) is 2.48. The van der Waals surface area contributed by atoms with Crippen molar-refractivity contribution < 1.29 is 9.53 Å². The number of carbonyl (C=O) groups is 1. The SMILES string of the molecule is Cc1cc(N(C)C(=O)OC(C)(C)C)cc(C)c1Br. The molecule has 100 valence electrons. The maximum Gasteiger partial charge on any atom is 0.414 e. The van der Waals surface area contributed by atoms with Crippen LogP contribution in [0, 0.1) is 13.8 Å². The molecule has 1 aromatic rings. The van der Waals surface area contributed by atoms with Gasteiger partial charge in [-0.05, 0) is 57.9 Å². The first-order chi connectivity index (χ1) is 8.11. The summed E-state index contributed by atoms with van der Waals surface area (Å²) < 4.78 is 6.41. The molecule has 0 spiro atoms. The maximum absolute atomic E-state index is 12.0. The predicted molar refractivity (Wildman–Crippen MR) is 78.3 cm³/mol. The Labute approximate surface area is 117 Å². The summed E-state index contributed by atoms with van der Waals surface area (Å²) in [5.74, 6) is 0. The number of hydrogen-bond donors (Lipinski definition) is 0. The molecule has 0 radical (unpaired) electrons. The van der Waals surface area contributed by atoms with Crippen LogP contribution in [0.15, 0.2) is 16.6 Å². The monoisotopic (exact) mass is 313 g/mol. The molecule has 0 aliphatic carbocycles. The van der Waals surface area contributed by atoms with Crippen molar-refractivity contribution in [2.75, 3.05) is 11.9 Å². The molecule has 0 N–H and O–H groups in total. The first kappa shape index (κ1) is 15.0. The van der Waals surface area contributed by atoms with Gasteiger partial charge in [-0.1, -0.05) is 15.9 Å². The lowest BCUT2D eigenvalue weighted by Crippen LogP contribution is -2.34. The summed E-state index contributed by atoms with van der Waals surface area (Å²) in [6, 6.07) is 3.92. The maximum atomic E-state index is 12.0. The van der Waals surface area contributed by atoms with Gasteiger partial charge in [0.25, 0.3) is 0 Å². The summed E-state index contributed by atoms with van der Waals surface area (Å²) in [4.78, 5) is 13.5. The number of benzene rings is 1. The summed E-state index contributed by atoms with van der Waals surface area (Å²) in [5.41, 5.74) is 2.55. The highest BCUT2D eigenvalue weighted by Crippen LogP contribution is 2.27. The Morgan fingerprint density at radius 1 is 1.22 bits per heavy atom. The summed E-state index contributed by atoms with van der Waals surface area (Å²) in [6.45, 7) is 9.58. The standard InChI is InChI=1S/C14H20BrNO2/c1-9-7-11(8-10(2)12(9)15)16(6)13(17)18-14(3,4)5/h7-8H,1-6H3. The molecule has 0 aliphatic rings. The van der Waals surface area contributed by atoms with E-state index in [4.69, 9.17) is 4.74 Å². The molecule has 0 unspecified atom stereocenters. The number of rotatable bonds is 1. The van der Waals surface area contributed by atoms with Crippen LogP contribution >= 0.6 is 15.9 Å². The van der Waals surface area contributed by atoms with Gasteiger partial charge >= 0.3 is 6.09 Å². The van der Waals surface area contributed by atoms with Gasteiger partial charge in [0.2, 0.25) is 0 Å². The molecule has 0 aromatic heterocycles. The molecule has 3 nitrogen and oxygen atoms in total. The quantitative estimate of drug-likeness (QED) is 0.767. The van der Waals surface area contributed by atoms with Crippen LogP contribution in [0.25, 0.3) is 0 Å². The van der Waals surface area contributed by atoms with Gasteiger partial charge in [-0.3, -0.25) is 4.90 Å². The van der Waals surface area contributed by atoms with Crippen LogP contribution in [0.3, 0.4) is 0 Å². The fourth-order valence-corrected chi connectivity index (χ4v) is 1.78. The van der Waals surface area contributed by atoms with Gasteiger partial charge in [-0.2, -0.15) is 0 Å². The topological polar surface area (TPSA) is 29.5 Å². The number of carbonyl (C=O) groups excluding carboxylic acids is 1. The summed E-state index contributed by atoms with van der Waals surface area (Å²) in [7, 11) is 1.72. The molecular weight excluding hydrogens is 294 g/mol. The van der Waals surface area contributed by atoms with Gasteiger partial charge in [-0.25, -0.2) is 4.79 Å². The second kappa shape index (κ2) is 5.31. The normalized spacial score (nSPS) is 11.3. The van der Waals surface area contributed by atoms with Crippen molar-refractivity contribution in [1.82, 2.24) is 0 Å². The highest BCUT2D eigenvalue weighted by Gasteiger charge is 2.21. The van der Waals surface area contributed by atoms with Gasteiger partial charge in [0.1, 0.15) is 5.60 Å². The van der Waals surface area contributed by atoms with Crippen LogP contribution in [0.1, 0.15) is 31.9 Å². The summed E-state index contributed by atoms with van der Waals surface area (Å²) in [5, 5.41) is 0. The van der Waals surface area contributed by atoms with E-state index in [0.717, 1.165) is 21.3 Å². The Bertz CT molecular complexity index is 440. The van der Waals surface area contributed by atoms with Crippen molar-refractivity contribution in [2.45, 2.75) is 40.2 Å². The molecular formula is C14H20BrNO2. The molecule has 0 aliphatic heterocycles. The van der Waals surface area contributed by atoms with Crippen LogP contribution in [0.5, 0.6) is 0 Å². The first-order valence-corrected chi connectivity index (χ1v) is 6.64. The van der Waals surface area contributed by atoms with E-state index in [0.29, 0.717) is 0 Å². The molecule has 1 amide bonds. The van der Waals surface area contributed by atoms with Crippen LogP contribution in [0.2, 0.25) is 0 Å². The smallest absolute Gasteiger partial charge is 0.414 e. The molecule has 1 rings (SSSR count). The first-order valence-electron chi connectivity index (χ1n) is 5.85. The third kappa shape index (κ3) is 3.73. The van der Waals surface area contributed by atoms with Gasteiger partial charge in [0.05, 0.1) is 0 Å². The van der Waals surface area contributed by atoms with Crippen LogP contribution in [-0.2, 0) is 4.74 Å². The molecule has 4 heteroatoms. The Morgan fingerprint density at radius 3 is 2.06 bits per heavy atom. The zero-order chi connectivity index (χ0) is 14.1. The molecule has 0 saturated carbocycles. The minimum absolute atomic E-state index is 0.344. The Hall–Kier alpha value is -1.03. The molecule has 0 bridgehead atoms. The Morgan fingerprint density at radius 2 is 1.67 bits per heavy atom. The fourth-order valence-electron chi connectivity index (χ4n) is 1.55. The number of hydrogen-bond acceptors (Lipinski definition) is 2. The number of amides is 1. The minimum atomic E-state index is -0.481. The molecule has 0 heterocycles. The van der Waals surface area contributed by atoms with Crippen LogP contribution < -0.4 is 4.90 Å². The number of ether oxygens (including phenoxy) is 1. The van der Waals surface area contributed by atoms with Gasteiger partial charge in [0.15, 0.2) is 0 Å². The highest BCUT2D eigenvalue weighted by atomic mass is 79.9. The van der Waals surface area contributed by atoms with Crippen molar-refractivity contribution in [2.24, 2.45) is 0 Å². The molecule has 0 fully saturated rings. The summed E-state index contributed by atoms with van der Waals surface area (Å²) >= 11 is 3.51. The lowest BCUT2D eigenvalue weighted by atomic mass is 10.1. The second-order valence-electron chi connectivity index (χ2n) is 5.43. The van der Waals surface area contributed by atoms with Crippen molar-refractivity contribution in [1.29, 1.82) is 0 Å². The molecule has 1 aromatic carbocycles. The lowest BCUT2D eigenvalue weighted by molar-refractivity contribution is 0.0589. The lowest BCUT2D eigenvalue weighted by Gasteiger charge is -2.25. The zero-order valence-electron chi connectivity index (χ0n) is 11.8. The zero-order valence-corrected chi connectivity index (χ0v) is 13.4. The Balaban J connectivity index is 2.97. The van der Waals surface area contributed by atoms with E-state index in [-0.39, 0.29) is 6.09 Å². The number of aryl methyl sites for hydroxylation is 2. The average Bonchev–Trinajstić information content (AvgIpc) is 2.21. The number of halogens is 1. The summed E-state index contributed by atoms with van der Waals surface area (Å²) in [6.07, 6.45) is -0.344. The van der Waals surface area contributed by atoms with Gasteiger partial charge < -0.3 is 4.74 Å². The molecule has 0 saturated heterocycles. The minimum Gasteiger partial charge on any atom is -0.443 e. The fraction of sp³-hybridized carbons (Fsp3) is 0.500. The van der Waals surface area contributed by atoms with Crippen molar-refractivity contribution in [3.63, 3.8) is 0 Å². The van der Waals surface area contributed by atoms with Crippen molar-refractivity contribution in [3.05, 3.63) is 27.7 Å². The van der Waals surface area contributed by atoms with Gasteiger partial charge in [0, 0.05) is 17.2 Å². The van der Waals surface area contributed by atoms with Crippen molar-refractivity contribution >= 4 is 27.7 Å². The predicted octanol–water partition coefficient (Wildman–Crippen LogP) is 4.44. The van der Waals surface area contributed by atoms with Crippen LogP contribution in [0.4, 0.5) is 10.5 Å². The van der Waals surface area contributed by atoms with E-state index >= 15 is 0 Å². The Kier molecular flexibility index (Phi) is 4.43. The van der Waals surface area contributed by atoms with E-state index < -0.39 is 5.60 Å². The number of anilines is 1. The van der Waals surface area contributed by atoms with E-state index in [9.17, 15) is 4.79 Å². The molecule has 18 heavy (non-hydrogen) atoms. The van der Waals surface area contributed by atoms with E-state index in [1.54, 1.807) is 7.05 Å². The van der Waals surface area contributed by atoms with Crippen LogP contribution in [-0.4, -0.2) is 18.7 Å². The third-order valence-corrected chi connectivity index (χ3v) is 3.73.